The molecule has 6 heteroatoms. The minimum Gasteiger partial charge on any atom is -0.449 e. The van der Waals surface area contributed by atoms with E-state index in [1.807, 2.05) is 84.9 Å². The number of methoxy groups -OCH3 is 1. The van der Waals surface area contributed by atoms with Crippen molar-refractivity contribution in [3.63, 3.8) is 0 Å². The van der Waals surface area contributed by atoms with Crippen LogP contribution in [-0.4, -0.2) is 44.4 Å². The van der Waals surface area contributed by atoms with Crippen LogP contribution in [0.1, 0.15) is 28.2 Å². The first-order valence-corrected chi connectivity index (χ1v) is 13.6. The van der Waals surface area contributed by atoms with Crippen molar-refractivity contribution >= 4 is 12.0 Å². The lowest BCUT2D eigenvalue weighted by Gasteiger charge is -2.24. The number of ether oxygens (including phenoxy) is 2. The predicted molar refractivity (Wildman–Crippen MR) is 156 cm³/mol. The van der Waals surface area contributed by atoms with Crippen LogP contribution >= 0.6 is 0 Å². The Morgan fingerprint density at radius 3 is 1.80 bits per heavy atom. The first kappa shape index (κ1) is 27.2. The highest BCUT2D eigenvalue weighted by Crippen LogP contribution is 2.44. The van der Waals surface area contributed by atoms with Crippen LogP contribution in [0.4, 0.5) is 4.79 Å². The van der Waals surface area contributed by atoms with Gasteiger partial charge < -0.3 is 20.1 Å². The highest BCUT2D eigenvalue weighted by Gasteiger charge is 2.30. The van der Waals surface area contributed by atoms with Gasteiger partial charge in [0.1, 0.15) is 12.6 Å². The van der Waals surface area contributed by atoms with Crippen LogP contribution in [-0.2, 0) is 27.1 Å². The molecule has 204 valence electrons. The number of hydrogen-bond donors (Lipinski definition) is 2. The van der Waals surface area contributed by atoms with Crippen LogP contribution in [0.3, 0.4) is 0 Å². The smallest absolute Gasteiger partial charge is 0.407 e. The first-order valence-electron chi connectivity index (χ1n) is 13.6. The largest absolute Gasteiger partial charge is 0.449 e. The molecule has 0 fully saturated rings. The molecule has 1 aliphatic carbocycles. The molecule has 2 atom stereocenters. The molecule has 1 aliphatic rings. The Balaban J connectivity index is 1.27. The predicted octanol–water partition coefficient (Wildman–Crippen LogP) is 5.51. The van der Waals surface area contributed by atoms with Gasteiger partial charge in [-0.15, -0.1) is 0 Å². The Kier molecular flexibility index (Phi) is 8.89. The zero-order chi connectivity index (χ0) is 27.7. The van der Waals surface area contributed by atoms with Crippen molar-refractivity contribution in [2.75, 3.05) is 20.3 Å². The molecule has 2 amide bonds. The van der Waals surface area contributed by atoms with E-state index in [2.05, 4.69) is 34.9 Å². The first-order chi connectivity index (χ1) is 19.6. The van der Waals surface area contributed by atoms with Crippen molar-refractivity contribution in [3.05, 3.63) is 131 Å². The van der Waals surface area contributed by atoms with Crippen molar-refractivity contribution < 1.29 is 19.1 Å². The molecule has 0 radical (unpaired) electrons. The zero-order valence-electron chi connectivity index (χ0n) is 22.6. The standard InChI is InChI=1S/C34H34N2O4/c1-39-22-26(20-24-12-4-2-5-13-24)35-33(37)32(21-25-14-6-3-7-15-25)36-34(38)40-23-31-29-18-10-8-16-27(29)28-17-9-11-19-30(28)31/h2-19,26,31-32H,20-23H2,1H3,(H,35,37)(H,36,38)/t26-,32-/m0/s1. The minimum absolute atomic E-state index is 0.0588. The van der Waals surface area contributed by atoms with E-state index in [4.69, 9.17) is 9.47 Å². The zero-order valence-corrected chi connectivity index (χ0v) is 22.6. The average molecular weight is 535 g/mol. The summed E-state index contributed by atoms with van der Waals surface area (Å²) in [5.74, 6) is -0.341. The minimum atomic E-state index is -0.812. The third-order valence-corrected chi connectivity index (χ3v) is 7.27. The quantitative estimate of drug-likeness (QED) is 0.266. The van der Waals surface area contributed by atoms with Crippen LogP contribution < -0.4 is 10.6 Å². The molecule has 4 aromatic rings. The number of rotatable bonds is 11. The molecule has 0 aliphatic heterocycles. The van der Waals surface area contributed by atoms with Gasteiger partial charge in [0.15, 0.2) is 0 Å². The lowest BCUT2D eigenvalue weighted by molar-refractivity contribution is -0.124. The summed E-state index contributed by atoms with van der Waals surface area (Å²) in [6.07, 6.45) is 0.329. The molecular formula is C34H34N2O4. The third kappa shape index (κ3) is 6.58. The summed E-state index contributed by atoms with van der Waals surface area (Å²) in [6, 6.07) is 34.9. The highest BCUT2D eigenvalue weighted by atomic mass is 16.5. The molecule has 0 bridgehead atoms. The summed E-state index contributed by atoms with van der Waals surface area (Å²) in [6.45, 7) is 0.531. The van der Waals surface area contributed by atoms with E-state index in [0.29, 0.717) is 19.4 Å². The molecule has 0 aromatic heterocycles. The number of benzene rings is 4. The highest BCUT2D eigenvalue weighted by molar-refractivity contribution is 5.86. The van der Waals surface area contributed by atoms with Crippen LogP contribution in [0.2, 0.25) is 0 Å². The second kappa shape index (κ2) is 13.1. The molecule has 0 saturated heterocycles. The lowest BCUT2D eigenvalue weighted by atomic mass is 9.98. The molecule has 0 saturated carbocycles. The molecule has 5 rings (SSSR count). The monoisotopic (exact) mass is 534 g/mol. The van der Waals surface area contributed by atoms with Gasteiger partial charge >= 0.3 is 6.09 Å². The molecule has 4 aromatic carbocycles. The van der Waals surface area contributed by atoms with Crippen LogP contribution in [0.5, 0.6) is 0 Å². The molecule has 6 nitrogen and oxygen atoms in total. The third-order valence-electron chi connectivity index (χ3n) is 7.27. The molecule has 2 N–H and O–H groups in total. The van der Waals surface area contributed by atoms with E-state index in [-0.39, 0.29) is 24.5 Å². The number of hydrogen-bond acceptors (Lipinski definition) is 4. The van der Waals surface area contributed by atoms with Gasteiger partial charge in [-0.25, -0.2) is 4.79 Å². The summed E-state index contributed by atoms with van der Waals surface area (Å²) in [7, 11) is 1.61. The van der Waals surface area contributed by atoms with Crippen molar-refractivity contribution in [1.82, 2.24) is 10.6 Å². The van der Waals surface area contributed by atoms with E-state index in [9.17, 15) is 9.59 Å². The van der Waals surface area contributed by atoms with E-state index in [1.54, 1.807) is 7.11 Å². The number of amides is 2. The van der Waals surface area contributed by atoms with Crippen LogP contribution in [0, 0.1) is 0 Å². The summed E-state index contributed by atoms with van der Waals surface area (Å²) >= 11 is 0. The fourth-order valence-corrected chi connectivity index (χ4v) is 5.39. The fraction of sp³-hybridized carbons (Fsp3) is 0.235. The number of carbonyl (C=O) groups excluding carboxylic acids is 2. The van der Waals surface area contributed by atoms with E-state index in [1.165, 1.54) is 0 Å². The van der Waals surface area contributed by atoms with Crippen LogP contribution in [0.25, 0.3) is 11.1 Å². The maximum absolute atomic E-state index is 13.5. The normalized spacial score (nSPS) is 13.5. The Morgan fingerprint density at radius 2 is 1.23 bits per heavy atom. The Morgan fingerprint density at radius 1 is 0.700 bits per heavy atom. The summed E-state index contributed by atoms with van der Waals surface area (Å²) in [5.41, 5.74) is 6.63. The lowest BCUT2D eigenvalue weighted by Crippen LogP contribution is -2.52. The van der Waals surface area contributed by atoms with Gasteiger partial charge in [0.25, 0.3) is 0 Å². The second-order valence-corrected chi connectivity index (χ2v) is 10.1. The Hall–Kier alpha value is -4.42. The molecule has 0 spiro atoms. The Labute approximate surface area is 235 Å². The van der Waals surface area contributed by atoms with Gasteiger partial charge in [0, 0.05) is 19.4 Å². The topological polar surface area (TPSA) is 76.7 Å². The maximum Gasteiger partial charge on any atom is 0.407 e. The molecule has 0 unspecified atom stereocenters. The van der Waals surface area contributed by atoms with Crippen molar-refractivity contribution in [2.24, 2.45) is 0 Å². The molecular weight excluding hydrogens is 500 g/mol. The SMILES string of the molecule is COC[C@H](Cc1ccccc1)NC(=O)[C@H](Cc1ccccc1)NC(=O)OCC1c2ccccc2-c2ccccc21. The van der Waals surface area contributed by atoms with E-state index < -0.39 is 12.1 Å². The average Bonchev–Trinajstić information content (AvgIpc) is 3.30. The Bertz CT molecular complexity index is 1380. The van der Waals surface area contributed by atoms with Gasteiger partial charge in [0.05, 0.1) is 12.6 Å². The van der Waals surface area contributed by atoms with Crippen molar-refractivity contribution in [3.8, 4) is 11.1 Å². The number of nitrogens with one attached hydrogen (secondary N) is 2. The maximum atomic E-state index is 13.5. The van der Waals surface area contributed by atoms with Crippen molar-refractivity contribution in [2.45, 2.75) is 30.8 Å². The second-order valence-electron chi connectivity index (χ2n) is 10.1. The van der Waals surface area contributed by atoms with Gasteiger partial charge in [-0.3, -0.25) is 4.79 Å². The van der Waals surface area contributed by atoms with Gasteiger partial charge in [-0.05, 0) is 39.8 Å². The summed E-state index contributed by atoms with van der Waals surface area (Å²) < 4.78 is 11.1. The van der Waals surface area contributed by atoms with Crippen molar-refractivity contribution in [1.29, 1.82) is 0 Å². The van der Waals surface area contributed by atoms with Crippen LogP contribution in [0.15, 0.2) is 109 Å². The molecule has 0 heterocycles. The fourth-order valence-electron chi connectivity index (χ4n) is 5.39. The number of alkyl carbamates (subject to hydrolysis) is 1. The molecule has 40 heavy (non-hydrogen) atoms. The summed E-state index contributed by atoms with van der Waals surface area (Å²) in [5, 5.41) is 5.92. The number of fused-ring (bicyclic) bond motifs is 3. The van der Waals surface area contributed by atoms with E-state index in [0.717, 1.165) is 33.4 Å². The summed E-state index contributed by atoms with van der Waals surface area (Å²) in [4.78, 5) is 26.6. The van der Waals surface area contributed by atoms with E-state index >= 15 is 0 Å². The van der Waals surface area contributed by atoms with Gasteiger partial charge in [-0.2, -0.15) is 0 Å². The van der Waals surface area contributed by atoms with Gasteiger partial charge in [-0.1, -0.05) is 109 Å². The van der Waals surface area contributed by atoms with Gasteiger partial charge in [0.2, 0.25) is 5.91 Å². The number of carbonyl (C=O) groups is 2.